The maximum Gasteiger partial charge on any atom is 0.306 e. The van der Waals surface area contributed by atoms with Gasteiger partial charge in [-0.2, -0.15) is 0 Å². The molecule has 1 aromatic carbocycles. The van der Waals surface area contributed by atoms with Crippen molar-refractivity contribution in [2.45, 2.75) is 6.42 Å². The first-order valence-corrected chi connectivity index (χ1v) is 4.65. The Labute approximate surface area is 92.6 Å². The van der Waals surface area contributed by atoms with E-state index >= 15 is 0 Å². The van der Waals surface area contributed by atoms with Crippen LogP contribution in [0, 0.1) is 0 Å². The van der Waals surface area contributed by atoms with Crippen LogP contribution < -0.4 is 9.47 Å². The number of carboxylic acids is 1. The average Bonchev–Trinajstić information content (AvgIpc) is 2.29. The number of ether oxygens (including phenoxy) is 2. The van der Waals surface area contributed by atoms with Crippen molar-refractivity contribution >= 4 is 12.3 Å². The second-order valence-corrected chi connectivity index (χ2v) is 3.01. The third-order valence-electron chi connectivity index (χ3n) is 1.92. The highest BCUT2D eigenvalue weighted by Gasteiger charge is 2.05. The molecule has 0 aliphatic rings. The predicted octanol–water partition coefficient (Wildman–Crippen LogP) is 1.36. The summed E-state index contributed by atoms with van der Waals surface area (Å²) < 4.78 is 10.1. The number of rotatable bonds is 6. The van der Waals surface area contributed by atoms with Crippen LogP contribution in [0.25, 0.3) is 0 Å². The monoisotopic (exact) mass is 224 g/mol. The standard InChI is InChI=1S/C11H12O5/c1-15-9-2-3-10(8(6-9)7-12)16-5-4-11(13)14/h2-3,6-7H,4-5H2,1H3,(H,13,14). The molecule has 0 aliphatic heterocycles. The average molecular weight is 224 g/mol. The minimum absolute atomic E-state index is 0.0303. The zero-order valence-electron chi connectivity index (χ0n) is 8.80. The van der Waals surface area contributed by atoms with Gasteiger partial charge in [-0.05, 0) is 18.2 Å². The fourth-order valence-corrected chi connectivity index (χ4v) is 1.13. The highest BCUT2D eigenvalue weighted by molar-refractivity contribution is 5.80. The van der Waals surface area contributed by atoms with Gasteiger partial charge in [-0.15, -0.1) is 0 Å². The number of benzene rings is 1. The lowest BCUT2D eigenvalue weighted by molar-refractivity contribution is -0.137. The number of aldehydes is 1. The Morgan fingerprint density at radius 1 is 1.50 bits per heavy atom. The smallest absolute Gasteiger partial charge is 0.306 e. The quantitative estimate of drug-likeness (QED) is 0.738. The second-order valence-electron chi connectivity index (χ2n) is 3.01. The van der Waals surface area contributed by atoms with Crippen molar-refractivity contribution in [3.63, 3.8) is 0 Å². The molecule has 1 N–H and O–H groups in total. The molecule has 0 unspecified atom stereocenters. The summed E-state index contributed by atoms with van der Waals surface area (Å²) in [6.45, 7) is 0.0303. The summed E-state index contributed by atoms with van der Waals surface area (Å²) in [4.78, 5) is 21.0. The van der Waals surface area contributed by atoms with Crippen LogP contribution in [0.4, 0.5) is 0 Å². The lowest BCUT2D eigenvalue weighted by Gasteiger charge is -2.08. The molecule has 0 saturated carbocycles. The van der Waals surface area contributed by atoms with Gasteiger partial charge in [0.2, 0.25) is 0 Å². The van der Waals surface area contributed by atoms with E-state index in [1.54, 1.807) is 12.1 Å². The molecule has 0 heterocycles. The summed E-state index contributed by atoms with van der Waals surface area (Å²) in [5.74, 6) is -0.0362. The number of methoxy groups -OCH3 is 1. The molecule has 1 rings (SSSR count). The van der Waals surface area contributed by atoms with Crippen LogP contribution in [0.15, 0.2) is 18.2 Å². The zero-order valence-corrected chi connectivity index (χ0v) is 8.80. The molecule has 0 amide bonds. The molecule has 1 aromatic rings. The van der Waals surface area contributed by atoms with E-state index in [0.29, 0.717) is 23.3 Å². The Hall–Kier alpha value is -2.04. The van der Waals surface area contributed by atoms with Gasteiger partial charge in [0.1, 0.15) is 11.5 Å². The summed E-state index contributed by atoms with van der Waals surface area (Å²) >= 11 is 0. The Bertz CT molecular complexity index is 386. The van der Waals surface area contributed by atoms with Gasteiger partial charge in [0.15, 0.2) is 6.29 Å². The number of aliphatic carboxylic acids is 1. The van der Waals surface area contributed by atoms with E-state index in [1.807, 2.05) is 0 Å². The van der Waals surface area contributed by atoms with E-state index in [4.69, 9.17) is 14.6 Å². The number of hydrogen-bond acceptors (Lipinski definition) is 4. The fraction of sp³-hybridized carbons (Fsp3) is 0.273. The van der Waals surface area contributed by atoms with Crippen LogP contribution in [-0.2, 0) is 4.79 Å². The predicted molar refractivity (Wildman–Crippen MR) is 56.1 cm³/mol. The Balaban J connectivity index is 2.71. The molecule has 5 nitrogen and oxygen atoms in total. The molecule has 0 saturated heterocycles. The molecular formula is C11H12O5. The molecular weight excluding hydrogens is 212 g/mol. The Morgan fingerprint density at radius 2 is 2.25 bits per heavy atom. The minimum Gasteiger partial charge on any atom is -0.497 e. The van der Waals surface area contributed by atoms with Crippen molar-refractivity contribution < 1.29 is 24.2 Å². The van der Waals surface area contributed by atoms with Crippen molar-refractivity contribution in [1.29, 1.82) is 0 Å². The zero-order chi connectivity index (χ0) is 12.0. The minimum atomic E-state index is -0.943. The normalized spacial score (nSPS) is 9.56. The van der Waals surface area contributed by atoms with Gasteiger partial charge in [-0.25, -0.2) is 0 Å². The van der Waals surface area contributed by atoms with Crippen molar-refractivity contribution in [2.75, 3.05) is 13.7 Å². The van der Waals surface area contributed by atoms with E-state index in [1.165, 1.54) is 13.2 Å². The third kappa shape index (κ3) is 3.27. The van der Waals surface area contributed by atoms with Gasteiger partial charge in [0, 0.05) is 0 Å². The van der Waals surface area contributed by atoms with Gasteiger partial charge in [0.05, 0.1) is 25.7 Å². The van der Waals surface area contributed by atoms with Crippen molar-refractivity contribution in [2.24, 2.45) is 0 Å². The second kappa shape index (κ2) is 5.75. The molecule has 0 aromatic heterocycles. The first-order valence-electron chi connectivity index (χ1n) is 4.65. The van der Waals surface area contributed by atoms with Crippen molar-refractivity contribution in [3.8, 4) is 11.5 Å². The lowest BCUT2D eigenvalue weighted by Crippen LogP contribution is -2.06. The van der Waals surface area contributed by atoms with Crippen LogP contribution >= 0.6 is 0 Å². The molecule has 0 spiro atoms. The van der Waals surface area contributed by atoms with E-state index in [9.17, 15) is 9.59 Å². The Morgan fingerprint density at radius 3 is 2.81 bits per heavy atom. The number of carbonyl (C=O) groups is 2. The van der Waals surface area contributed by atoms with Gasteiger partial charge in [0.25, 0.3) is 0 Å². The maximum absolute atomic E-state index is 10.7. The topological polar surface area (TPSA) is 72.8 Å². The molecule has 0 atom stereocenters. The highest BCUT2D eigenvalue weighted by Crippen LogP contribution is 2.22. The molecule has 0 radical (unpaired) electrons. The molecule has 0 aliphatic carbocycles. The van der Waals surface area contributed by atoms with E-state index in [0.717, 1.165) is 0 Å². The van der Waals surface area contributed by atoms with E-state index in [-0.39, 0.29) is 13.0 Å². The van der Waals surface area contributed by atoms with Gasteiger partial charge in [-0.3, -0.25) is 9.59 Å². The maximum atomic E-state index is 10.7. The molecule has 5 heteroatoms. The van der Waals surface area contributed by atoms with Gasteiger partial charge >= 0.3 is 5.97 Å². The van der Waals surface area contributed by atoms with Gasteiger partial charge < -0.3 is 14.6 Å². The highest BCUT2D eigenvalue weighted by atomic mass is 16.5. The van der Waals surface area contributed by atoms with Crippen LogP contribution in [0.5, 0.6) is 11.5 Å². The molecule has 86 valence electrons. The fourth-order valence-electron chi connectivity index (χ4n) is 1.13. The molecule has 0 bridgehead atoms. The summed E-state index contributed by atoms with van der Waals surface area (Å²) in [5.41, 5.74) is 0.338. The molecule has 16 heavy (non-hydrogen) atoms. The first-order chi connectivity index (χ1) is 7.67. The first kappa shape index (κ1) is 12.0. The van der Waals surface area contributed by atoms with Gasteiger partial charge in [-0.1, -0.05) is 0 Å². The van der Waals surface area contributed by atoms with Crippen LogP contribution in [0.1, 0.15) is 16.8 Å². The van der Waals surface area contributed by atoms with E-state index in [2.05, 4.69) is 0 Å². The lowest BCUT2D eigenvalue weighted by atomic mass is 10.2. The summed E-state index contributed by atoms with van der Waals surface area (Å²) in [6.07, 6.45) is 0.531. The number of carboxylic acid groups (broad SMARTS) is 1. The van der Waals surface area contributed by atoms with Crippen LogP contribution in [0.3, 0.4) is 0 Å². The number of hydrogen-bond donors (Lipinski definition) is 1. The molecule has 0 fully saturated rings. The van der Waals surface area contributed by atoms with E-state index < -0.39 is 5.97 Å². The third-order valence-corrected chi connectivity index (χ3v) is 1.92. The summed E-state index contributed by atoms with van der Waals surface area (Å²) in [7, 11) is 1.49. The number of carbonyl (C=O) groups excluding carboxylic acids is 1. The summed E-state index contributed by atoms with van der Waals surface area (Å²) in [6, 6.07) is 4.75. The SMILES string of the molecule is COc1ccc(OCCC(=O)O)c(C=O)c1. The van der Waals surface area contributed by atoms with Crippen molar-refractivity contribution in [1.82, 2.24) is 0 Å². The largest absolute Gasteiger partial charge is 0.497 e. The van der Waals surface area contributed by atoms with Crippen molar-refractivity contribution in [3.05, 3.63) is 23.8 Å². The van der Waals surface area contributed by atoms with Crippen LogP contribution in [-0.4, -0.2) is 31.1 Å². The summed E-state index contributed by atoms with van der Waals surface area (Å²) in [5, 5.41) is 8.43. The van der Waals surface area contributed by atoms with Crippen LogP contribution in [0.2, 0.25) is 0 Å². The Kier molecular flexibility index (Phi) is 4.32.